The molecule has 0 spiro atoms. The number of esters is 4. The Morgan fingerprint density at radius 3 is 0.755 bits per heavy atom. The summed E-state index contributed by atoms with van der Waals surface area (Å²) in [6.07, 6.45) is 83.9. The molecule has 3 N–H and O–H groups in total. The van der Waals surface area contributed by atoms with Crippen molar-refractivity contribution in [2.24, 2.45) is 0 Å². The lowest BCUT2D eigenvalue weighted by molar-refractivity contribution is -0.161. The third-order valence-electron chi connectivity index (χ3n) is 18.4. The summed E-state index contributed by atoms with van der Waals surface area (Å²) in [6, 6.07) is 0. The van der Waals surface area contributed by atoms with Crippen molar-refractivity contribution >= 4 is 39.5 Å². The minimum Gasteiger partial charge on any atom is -0.462 e. The van der Waals surface area contributed by atoms with E-state index in [0.717, 1.165) is 173 Å². The highest BCUT2D eigenvalue weighted by atomic mass is 31.2. The fourth-order valence-corrected chi connectivity index (χ4v) is 13.5. The van der Waals surface area contributed by atoms with Crippen molar-refractivity contribution in [3.05, 3.63) is 85.1 Å². The molecule has 0 aromatic carbocycles. The minimum absolute atomic E-state index is 0.0817. The molecule has 0 heterocycles. The Hall–Kier alpha value is -3.76. The third kappa shape index (κ3) is 78.4. The van der Waals surface area contributed by atoms with Crippen molar-refractivity contribution in [2.75, 3.05) is 39.6 Å². The van der Waals surface area contributed by atoms with Crippen molar-refractivity contribution in [3.8, 4) is 0 Å². The van der Waals surface area contributed by atoms with E-state index in [9.17, 15) is 43.2 Å². The molecule has 0 aliphatic rings. The van der Waals surface area contributed by atoms with Crippen LogP contribution < -0.4 is 0 Å². The maximum atomic E-state index is 13.1. The Kier molecular flexibility index (Phi) is 76.5. The Bertz CT molecular complexity index is 2330. The molecule has 0 aliphatic carbocycles. The van der Waals surface area contributed by atoms with Crippen LogP contribution in [0.25, 0.3) is 0 Å². The molecule has 0 fully saturated rings. The summed E-state index contributed by atoms with van der Waals surface area (Å²) in [4.78, 5) is 73.2. The lowest BCUT2D eigenvalue weighted by Crippen LogP contribution is -2.30. The van der Waals surface area contributed by atoms with Crippen LogP contribution in [0.3, 0.4) is 0 Å². The minimum atomic E-state index is -4.98. The molecule has 0 bridgehead atoms. The molecule has 0 radical (unpaired) electrons. The number of unbranched alkanes of at least 4 members (excludes halogenated alkanes) is 41. The number of hydrogen-bond donors (Lipinski definition) is 3. The molecule has 0 rings (SSSR count). The van der Waals surface area contributed by atoms with Crippen LogP contribution in [-0.4, -0.2) is 96.7 Å². The van der Waals surface area contributed by atoms with Gasteiger partial charge in [0.15, 0.2) is 12.2 Å². The van der Waals surface area contributed by atoms with Crippen LogP contribution >= 0.6 is 15.6 Å². The lowest BCUT2D eigenvalue weighted by atomic mass is 10.0. The number of carbonyl (C=O) groups excluding carboxylic acids is 4. The third-order valence-corrected chi connectivity index (χ3v) is 20.3. The Labute approximate surface area is 646 Å². The van der Waals surface area contributed by atoms with Gasteiger partial charge in [-0.2, -0.15) is 0 Å². The van der Waals surface area contributed by atoms with Gasteiger partial charge in [0, 0.05) is 25.7 Å². The number of allylic oxidation sites excluding steroid dienone is 14. The van der Waals surface area contributed by atoms with Gasteiger partial charge in [-0.15, -0.1) is 0 Å². The number of rotatable bonds is 81. The quantitative estimate of drug-likeness (QED) is 0.0169. The highest BCUT2D eigenvalue weighted by Gasteiger charge is 2.30. The molecular weight excluding hydrogens is 1380 g/mol. The van der Waals surface area contributed by atoms with E-state index in [0.29, 0.717) is 25.7 Å². The van der Waals surface area contributed by atoms with E-state index in [1.165, 1.54) is 135 Å². The van der Waals surface area contributed by atoms with Crippen LogP contribution in [0, 0.1) is 0 Å². The summed E-state index contributed by atoms with van der Waals surface area (Å²) >= 11 is 0. The zero-order chi connectivity index (χ0) is 77.4. The summed E-state index contributed by atoms with van der Waals surface area (Å²) < 4.78 is 68.8. The number of phosphoric ester groups is 2. The number of hydrogen-bond acceptors (Lipinski definition) is 15. The fraction of sp³-hybridized carbons (Fsp3) is 0.793. The number of aliphatic hydroxyl groups is 1. The first-order valence-electron chi connectivity index (χ1n) is 42.8. The molecule has 0 saturated heterocycles. The largest absolute Gasteiger partial charge is 0.472 e. The van der Waals surface area contributed by atoms with E-state index in [1.807, 2.05) is 0 Å². The van der Waals surface area contributed by atoms with E-state index in [1.54, 1.807) is 0 Å². The summed E-state index contributed by atoms with van der Waals surface area (Å²) in [5, 5.41) is 10.7. The Morgan fingerprint density at radius 2 is 0.491 bits per heavy atom. The molecule has 0 amide bonds. The fourth-order valence-electron chi connectivity index (χ4n) is 11.9. The smallest absolute Gasteiger partial charge is 0.462 e. The van der Waals surface area contributed by atoms with Crippen molar-refractivity contribution in [1.82, 2.24) is 0 Å². The molecular formula is C87H156O17P2. The van der Waals surface area contributed by atoms with E-state index in [2.05, 4.69) is 113 Å². The van der Waals surface area contributed by atoms with Crippen molar-refractivity contribution in [1.29, 1.82) is 0 Å². The van der Waals surface area contributed by atoms with Crippen LogP contribution in [0.5, 0.6) is 0 Å². The molecule has 5 atom stereocenters. The van der Waals surface area contributed by atoms with Crippen LogP contribution in [0.15, 0.2) is 85.1 Å². The summed E-state index contributed by atoms with van der Waals surface area (Å²) in [7, 11) is -9.96. The molecule has 17 nitrogen and oxygen atoms in total. The van der Waals surface area contributed by atoms with Crippen LogP contribution in [0.1, 0.15) is 387 Å². The van der Waals surface area contributed by atoms with Gasteiger partial charge in [-0.25, -0.2) is 9.13 Å². The van der Waals surface area contributed by atoms with Crippen molar-refractivity contribution in [2.45, 2.75) is 406 Å². The summed E-state index contributed by atoms with van der Waals surface area (Å²) in [5.74, 6) is -2.16. The molecule has 106 heavy (non-hydrogen) atoms. The summed E-state index contributed by atoms with van der Waals surface area (Å²) in [6.45, 7) is 4.73. The molecule has 0 saturated carbocycles. The monoisotopic (exact) mass is 1540 g/mol. The normalized spacial score (nSPS) is 14.2. The second kappa shape index (κ2) is 79.3. The first kappa shape index (κ1) is 102. The zero-order valence-corrected chi connectivity index (χ0v) is 69.4. The maximum absolute atomic E-state index is 13.1. The van der Waals surface area contributed by atoms with Gasteiger partial charge in [0.1, 0.15) is 19.3 Å². The molecule has 616 valence electrons. The Balaban J connectivity index is 5.35. The number of ether oxygens (including phenoxy) is 4. The van der Waals surface area contributed by atoms with E-state index < -0.39 is 97.5 Å². The highest BCUT2D eigenvalue weighted by Crippen LogP contribution is 2.45. The van der Waals surface area contributed by atoms with E-state index in [4.69, 9.17) is 37.0 Å². The van der Waals surface area contributed by atoms with Gasteiger partial charge in [-0.1, -0.05) is 350 Å². The van der Waals surface area contributed by atoms with Crippen LogP contribution in [0.2, 0.25) is 0 Å². The van der Waals surface area contributed by atoms with Gasteiger partial charge in [-0.05, 0) is 96.3 Å². The summed E-state index contributed by atoms with van der Waals surface area (Å²) in [5.41, 5.74) is 0. The molecule has 0 aliphatic heterocycles. The average molecular weight is 1540 g/mol. The Morgan fingerprint density at radius 1 is 0.274 bits per heavy atom. The standard InChI is InChI=1S/C87H156O17P2/c1-5-9-13-17-21-25-29-33-37-39-40-42-45-48-52-56-60-64-68-72-85(90)98-78-83(104-87(92)74-70-66-62-58-54-50-46-41-38-34-30-26-22-18-14-10-6-2)80-102-106(95,96)100-76-81(88)75-99-105(93,94)101-79-82(103-86(91)73-69-65-61-57-53-49-44-36-32-28-24-20-16-12-8-4)77-97-84(89)71-67-63-59-55-51-47-43-35-31-27-23-19-15-11-7-3/h9-10,13-14,21-22,25-26,33-34,37-38,40,42,81-83,88H,5-8,11-12,15-20,23-24,27-32,35-36,39,41,43-80H2,1-4H3,(H,93,94)(H,95,96)/b13-9-,14-10-,25-21-,26-22-,37-33-,38-34-,42-40-. The second-order valence-corrected chi connectivity index (χ2v) is 31.6. The maximum Gasteiger partial charge on any atom is 0.472 e. The molecule has 5 unspecified atom stereocenters. The molecule has 0 aromatic heterocycles. The lowest BCUT2D eigenvalue weighted by Gasteiger charge is -2.21. The average Bonchev–Trinajstić information content (AvgIpc) is 0.902. The van der Waals surface area contributed by atoms with Crippen LogP contribution in [-0.2, 0) is 65.4 Å². The SMILES string of the molecule is CC/C=C\C/C=C\C/C=C\C/C=C\CCCCCCCCC(=O)OCC(COP(=O)(O)OCC(O)COP(=O)(O)OCC(COC(=O)CCCCCCCCCCCCCCCCC)OC(=O)CCCCCCCCCCCCCCCCC)OC(=O)CCCCCCCCC/C=C\C/C=C\C/C=C\CC. The predicted molar refractivity (Wildman–Crippen MR) is 436 cm³/mol. The van der Waals surface area contributed by atoms with Crippen molar-refractivity contribution < 1.29 is 80.2 Å². The first-order chi connectivity index (χ1) is 51.7. The first-order valence-corrected chi connectivity index (χ1v) is 45.8. The molecule has 19 heteroatoms. The topological polar surface area (TPSA) is 237 Å². The predicted octanol–water partition coefficient (Wildman–Crippen LogP) is 25.3. The van der Waals surface area contributed by atoms with Gasteiger partial charge in [0.2, 0.25) is 0 Å². The van der Waals surface area contributed by atoms with Gasteiger partial charge >= 0.3 is 39.5 Å². The van der Waals surface area contributed by atoms with Gasteiger partial charge in [-0.3, -0.25) is 37.3 Å². The highest BCUT2D eigenvalue weighted by molar-refractivity contribution is 7.47. The van der Waals surface area contributed by atoms with E-state index >= 15 is 0 Å². The van der Waals surface area contributed by atoms with Crippen LogP contribution in [0.4, 0.5) is 0 Å². The second-order valence-electron chi connectivity index (χ2n) is 28.7. The van der Waals surface area contributed by atoms with Gasteiger partial charge in [0.05, 0.1) is 26.4 Å². The molecule has 0 aromatic rings. The number of carbonyl (C=O) groups is 4. The number of aliphatic hydroxyl groups excluding tert-OH is 1. The van der Waals surface area contributed by atoms with E-state index in [-0.39, 0.29) is 25.7 Å². The zero-order valence-electron chi connectivity index (χ0n) is 67.6. The van der Waals surface area contributed by atoms with Crippen molar-refractivity contribution in [3.63, 3.8) is 0 Å². The van der Waals surface area contributed by atoms with Gasteiger partial charge < -0.3 is 33.8 Å². The number of phosphoric acid groups is 2. The van der Waals surface area contributed by atoms with Gasteiger partial charge in [0.25, 0.3) is 0 Å².